The maximum absolute atomic E-state index is 12.9. The van der Waals surface area contributed by atoms with Gasteiger partial charge in [-0.05, 0) is 43.2 Å². The molecule has 0 radical (unpaired) electrons. The second-order valence-electron chi connectivity index (χ2n) is 5.91. The first kappa shape index (κ1) is 19.9. The topological polar surface area (TPSA) is 96.5 Å². The van der Waals surface area contributed by atoms with Crippen molar-refractivity contribution in [1.82, 2.24) is 4.90 Å². The monoisotopic (exact) mass is 367 g/mol. The van der Waals surface area contributed by atoms with Crippen molar-refractivity contribution in [2.75, 3.05) is 13.2 Å². The van der Waals surface area contributed by atoms with Crippen molar-refractivity contribution in [2.24, 2.45) is 0 Å². The van der Waals surface area contributed by atoms with Crippen LogP contribution in [0.1, 0.15) is 41.8 Å². The van der Waals surface area contributed by atoms with Crippen molar-refractivity contribution >= 4 is 11.6 Å². The van der Waals surface area contributed by atoms with Crippen molar-refractivity contribution in [2.45, 2.75) is 26.8 Å². The molecule has 140 valence electrons. The average Bonchev–Trinajstić information content (AvgIpc) is 2.68. The summed E-state index contributed by atoms with van der Waals surface area (Å²) in [5.41, 5.74) is 1.45. The maximum Gasteiger partial charge on any atom is 0.311 e. The molecule has 7 heteroatoms. The molecule has 0 spiro atoms. The summed E-state index contributed by atoms with van der Waals surface area (Å²) < 4.78 is 5.27. The van der Waals surface area contributed by atoms with Crippen LogP contribution in [0.4, 0.5) is 5.69 Å². The Kier molecular flexibility index (Phi) is 6.89. The lowest BCUT2D eigenvalue weighted by atomic mass is 10.1. The number of nitro groups is 1. The summed E-state index contributed by atoms with van der Waals surface area (Å²) in [5, 5.41) is 20.2. The lowest BCUT2D eigenvalue weighted by Gasteiger charge is -2.22. The molecule has 0 saturated heterocycles. The quantitative estimate of drug-likeness (QED) is 0.520. The molecular formula is C20H21N3O4. The van der Waals surface area contributed by atoms with Gasteiger partial charge in [0.25, 0.3) is 5.91 Å². The van der Waals surface area contributed by atoms with Crippen LogP contribution in [-0.2, 0) is 6.54 Å². The van der Waals surface area contributed by atoms with E-state index < -0.39 is 4.92 Å². The van der Waals surface area contributed by atoms with Crippen LogP contribution in [0.25, 0.3) is 0 Å². The molecule has 0 N–H and O–H groups in total. The minimum absolute atomic E-state index is 0.146. The fraction of sp³-hybridized carbons (Fsp3) is 0.300. The molecule has 0 heterocycles. The number of carbonyl (C=O) groups excluding carboxylic acids is 1. The van der Waals surface area contributed by atoms with Gasteiger partial charge in [0.05, 0.1) is 23.2 Å². The fourth-order valence-corrected chi connectivity index (χ4v) is 2.68. The van der Waals surface area contributed by atoms with Crippen LogP contribution in [0.2, 0.25) is 0 Å². The van der Waals surface area contributed by atoms with E-state index in [0.29, 0.717) is 25.3 Å². The molecule has 0 atom stereocenters. The van der Waals surface area contributed by atoms with Crippen LogP contribution in [0.5, 0.6) is 5.75 Å². The number of carbonyl (C=O) groups is 1. The molecule has 2 rings (SSSR count). The number of nitro benzene ring substituents is 1. The molecule has 2 aromatic rings. The van der Waals surface area contributed by atoms with E-state index in [0.717, 1.165) is 12.0 Å². The largest absolute Gasteiger partial charge is 0.487 e. The van der Waals surface area contributed by atoms with E-state index in [4.69, 9.17) is 10.00 Å². The average molecular weight is 367 g/mol. The predicted octanol–water partition coefficient (Wildman–Crippen LogP) is 3.92. The van der Waals surface area contributed by atoms with Gasteiger partial charge in [-0.2, -0.15) is 5.26 Å². The van der Waals surface area contributed by atoms with Crippen LogP contribution in [0.15, 0.2) is 42.5 Å². The van der Waals surface area contributed by atoms with Gasteiger partial charge in [0.2, 0.25) is 0 Å². The molecule has 0 aliphatic carbocycles. The van der Waals surface area contributed by atoms with Crippen LogP contribution >= 0.6 is 0 Å². The molecule has 0 bridgehead atoms. The zero-order valence-corrected chi connectivity index (χ0v) is 15.3. The van der Waals surface area contributed by atoms with Crippen molar-refractivity contribution < 1.29 is 14.5 Å². The molecule has 0 aliphatic rings. The summed E-state index contributed by atoms with van der Waals surface area (Å²) >= 11 is 0. The molecule has 27 heavy (non-hydrogen) atoms. The zero-order valence-electron chi connectivity index (χ0n) is 15.3. The number of hydrogen-bond donors (Lipinski definition) is 0. The normalized spacial score (nSPS) is 10.1. The van der Waals surface area contributed by atoms with E-state index in [9.17, 15) is 14.9 Å². The van der Waals surface area contributed by atoms with E-state index in [2.05, 4.69) is 6.07 Å². The molecular weight excluding hydrogens is 346 g/mol. The molecule has 7 nitrogen and oxygen atoms in total. The Hall–Kier alpha value is -3.40. The lowest BCUT2D eigenvalue weighted by molar-refractivity contribution is -0.385. The Morgan fingerprint density at radius 2 is 1.93 bits per heavy atom. The van der Waals surface area contributed by atoms with Crippen molar-refractivity contribution in [3.8, 4) is 11.8 Å². The molecule has 0 unspecified atom stereocenters. The molecule has 1 amide bonds. The molecule has 0 aliphatic heterocycles. The van der Waals surface area contributed by atoms with E-state index >= 15 is 0 Å². The third kappa shape index (κ3) is 5.05. The van der Waals surface area contributed by atoms with Gasteiger partial charge in [0, 0.05) is 24.7 Å². The highest BCUT2D eigenvalue weighted by molar-refractivity contribution is 5.95. The third-order valence-corrected chi connectivity index (χ3v) is 3.94. The Morgan fingerprint density at radius 3 is 2.48 bits per heavy atom. The van der Waals surface area contributed by atoms with Gasteiger partial charge in [0.1, 0.15) is 0 Å². The summed E-state index contributed by atoms with van der Waals surface area (Å²) in [6.07, 6.45) is 0.751. The molecule has 0 saturated carbocycles. The first-order valence-corrected chi connectivity index (χ1v) is 8.69. The number of rotatable bonds is 8. The van der Waals surface area contributed by atoms with E-state index in [1.807, 2.05) is 6.92 Å². The molecule has 0 fully saturated rings. The van der Waals surface area contributed by atoms with Crippen molar-refractivity contribution in [3.05, 3.63) is 69.3 Å². The minimum atomic E-state index is -0.549. The van der Waals surface area contributed by atoms with Gasteiger partial charge in [-0.3, -0.25) is 14.9 Å². The Bertz CT molecular complexity index is 857. The SMILES string of the molecule is CCCN(Cc1ccc(C#N)cc1)C(=O)c1ccc(OCC)c([N+](=O)[O-])c1. The summed E-state index contributed by atoms with van der Waals surface area (Å²) in [6.45, 7) is 4.87. The Labute approximate surface area is 157 Å². The number of amides is 1. The highest BCUT2D eigenvalue weighted by atomic mass is 16.6. The Balaban J connectivity index is 2.28. The van der Waals surface area contributed by atoms with Crippen LogP contribution < -0.4 is 4.74 Å². The Morgan fingerprint density at radius 1 is 1.22 bits per heavy atom. The number of nitrogens with zero attached hydrogens (tertiary/aromatic N) is 3. The van der Waals surface area contributed by atoms with Crippen molar-refractivity contribution in [1.29, 1.82) is 5.26 Å². The second kappa shape index (κ2) is 9.34. The maximum atomic E-state index is 12.9. The number of nitriles is 1. The highest BCUT2D eigenvalue weighted by Crippen LogP contribution is 2.28. The van der Waals surface area contributed by atoms with Crippen molar-refractivity contribution in [3.63, 3.8) is 0 Å². The zero-order chi connectivity index (χ0) is 19.8. The number of benzene rings is 2. The van der Waals surface area contributed by atoms with Crippen LogP contribution in [0, 0.1) is 21.4 Å². The van der Waals surface area contributed by atoms with E-state index in [-0.39, 0.29) is 22.9 Å². The first-order chi connectivity index (χ1) is 13.0. The van der Waals surface area contributed by atoms with E-state index in [1.165, 1.54) is 12.1 Å². The minimum Gasteiger partial charge on any atom is -0.487 e. The van der Waals surface area contributed by atoms with Gasteiger partial charge >= 0.3 is 5.69 Å². The lowest BCUT2D eigenvalue weighted by Crippen LogP contribution is -2.31. The van der Waals surface area contributed by atoms with E-state index in [1.54, 1.807) is 42.2 Å². The highest BCUT2D eigenvalue weighted by Gasteiger charge is 2.22. The number of hydrogen-bond acceptors (Lipinski definition) is 5. The van der Waals surface area contributed by atoms with Gasteiger partial charge in [-0.15, -0.1) is 0 Å². The van der Waals surface area contributed by atoms with Gasteiger partial charge in [0.15, 0.2) is 5.75 Å². The summed E-state index contributed by atoms with van der Waals surface area (Å²) in [5.74, 6) is -0.138. The van der Waals surface area contributed by atoms with Crippen LogP contribution in [-0.4, -0.2) is 28.9 Å². The van der Waals surface area contributed by atoms with Gasteiger partial charge in [-0.25, -0.2) is 0 Å². The van der Waals surface area contributed by atoms with Gasteiger partial charge < -0.3 is 9.64 Å². The second-order valence-corrected chi connectivity index (χ2v) is 5.91. The van der Waals surface area contributed by atoms with Gasteiger partial charge in [-0.1, -0.05) is 19.1 Å². The molecule has 2 aromatic carbocycles. The standard InChI is InChI=1S/C20H21N3O4/c1-3-11-22(14-16-7-5-15(13-21)6-8-16)20(24)17-9-10-19(27-4-2)18(12-17)23(25)26/h5-10,12H,3-4,11,14H2,1-2H3. The van der Waals surface area contributed by atoms with Crippen LogP contribution in [0.3, 0.4) is 0 Å². The number of ether oxygens (including phenoxy) is 1. The first-order valence-electron chi connectivity index (χ1n) is 8.69. The summed E-state index contributed by atoms with van der Waals surface area (Å²) in [6, 6.07) is 13.3. The fourth-order valence-electron chi connectivity index (χ4n) is 2.68. The molecule has 0 aromatic heterocycles. The third-order valence-electron chi connectivity index (χ3n) is 3.94. The predicted molar refractivity (Wildman–Crippen MR) is 100 cm³/mol. The summed E-state index contributed by atoms with van der Waals surface area (Å²) in [7, 11) is 0. The summed E-state index contributed by atoms with van der Waals surface area (Å²) in [4.78, 5) is 25.3. The smallest absolute Gasteiger partial charge is 0.311 e.